The standard InChI is InChI=1S/C30H31N3O6/c1-20-17-23(13-14-25(20)39-19-21-9-5-4-6-10-21)28(34)26-27(22-11-7-12-24(18-22)33(37)38)32(30(36)29(26)35)16-8-15-31(2)3/h4-7,9-14,17-18,27,34H,8,15-16,19H2,1-3H3/t27-/m1/s1. The number of nitrogens with zero attached hydrogens (tertiary/aromatic N) is 3. The zero-order chi connectivity index (χ0) is 28.1. The second-order valence-corrected chi connectivity index (χ2v) is 9.76. The lowest BCUT2D eigenvalue weighted by Crippen LogP contribution is -2.32. The molecular formula is C30H31N3O6. The molecule has 0 spiro atoms. The average molecular weight is 530 g/mol. The van der Waals surface area contributed by atoms with Gasteiger partial charge in [-0.05, 0) is 68.9 Å². The fourth-order valence-corrected chi connectivity index (χ4v) is 4.67. The van der Waals surface area contributed by atoms with Gasteiger partial charge in [-0.1, -0.05) is 42.5 Å². The molecule has 1 saturated heterocycles. The summed E-state index contributed by atoms with van der Waals surface area (Å²) in [4.78, 5) is 40.7. The number of rotatable bonds is 10. The van der Waals surface area contributed by atoms with Crippen molar-refractivity contribution in [1.29, 1.82) is 0 Å². The Morgan fingerprint density at radius 3 is 2.46 bits per heavy atom. The molecule has 0 saturated carbocycles. The van der Waals surface area contributed by atoms with Crippen molar-refractivity contribution in [3.05, 3.63) is 111 Å². The van der Waals surface area contributed by atoms with Crippen molar-refractivity contribution in [2.24, 2.45) is 0 Å². The third-order valence-corrected chi connectivity index (χ3v) is 6.63. The Labute approximate surface area is 227 Å². The minimum absolute atomic E-state index is 0.0947. The highest BCUT2D eigenvalue weighted by Crippen LogP contribution is 2.40. The summed E-state index contributed by atoms with van der Waals surface area (Å²) in [5, 5.41) is 22.8. The van der Waals surface area contributed by atoms with Crippen molar-refractivity contribution < 1.29 is 24.4 Å². The molecule has 0 aliphatic carbocycles. The SMILES string of the molecule is Cc1cc(C(O)=C2C(=O)C(=O)N(CCCN(C)C)[C@@H]2c2cccc([N+](=O)[O-])c2)ccc1OCc1ccccc1. The Morgan fingerprint density at radius 1 is 1.05 bits per heavy atom. The number of hydrogen-bond acceptors (Lipinski definition) is 7. The van der Waals surface area contributed by atoms with Crippen LogP contribution in [0.25, 0.3) is 5.76 Å². The maximum absolute atomic E-state index is 13.3. The lowest BCUT2D eigenvalue weighted by atomic mass is 9.94. The number of carbonyl (C=O) groups is 2. The summed E-state index contributed by atoms with van der Waals surface area (Å²) in [6, 6.07) is 19.6. The number of nitro groups is 1. The van der Waals surface area contributed by atoms with Crippen LogP contribution >= 0.6 is 0 Å². The fourth-order valence-electron chi connectivity index (χ4n) is 4.67. The highest BCUT2D eigenvalue weighted by atomic mass is 16.6. The molecule has 9 nitrogen and oxygen atoms in total. The van der Waals surface area contributed by atoms with Crippen molar-refractivity contribution in [3.8, 4) is 5.75 Å². The van der Waals surface area contributed by atoms with E-state index in [0.717, 1.165) is 11.1 Å². The van der Waals surface area contributed by atoms with Crippen molar-refractivity contribution in [3.63, 3.8) is 0 Å². The molecule has 1 atom stereocenters. The zero-order valence-electron chi connectivity index (χ0n) is 22.2. The lowest BCUT2D eigenvalue weighted by Gasteiger charge is -2.26. The Hall–Kier alpha value is -4.50. The lowest BCUT2D eigenvalue weighted by molar-refractivity contribution is -0.384. The largest absolute Gasteiger partial charge is 0.507 e. The van der Waals surface area contributed by atoms with Gasteiger partial charge >= 0.3 is 0 Å². The molecule has 0 aromatic heterocycles. The number of hydrogen-bond donors (Lipinski definition) is 1. The number of ether oxygens (including phenoxy) is 1. The van der Waals surface area contributed by atoms with Crippen molar-refractivity contribution in [2.45, 2.75) is 26.0 Å². The van der Waals surface area contributed by atoms with Gasteiger partial charge in [-0.2, -0.15) is 0 Å². The predicted octanol–water partition coefficient (Wildman–Crippen LogP) is 4.86. The Kier molecular flexibility index (Phi) is 8.41. The van der Waals surface area contributed by atoms with E-state index in [0.29, 0.717) is 36.4 Å². The maximum atomic E-state index is 13.3. The minimum Gasteiger partial charge on any atom is -0.507 e. The highest BCUT2D eigenvalue weighted by molar-refractivity contribution is 6.46. The number of aliphatic hydroxyl groups excluding tert-OH is 1. The molecule has 1 aliphatic rings. The first-order valence-electron chi connectivity index (χ1n) is 12.6. The molecule has 4 rings (SSSR count). The van der Waals surface area contributed by atoms with Crippen molar-refractivity contribution >= 4 is 23.1 Å². The first-order chi connectivity index (χ1) is 18.7. The maximum Gasteiger partial charge on any atom is 0.295 e. The molecule has 39 heavy (non-hydrogen) atoms. The summed E-state index contributed by atoms with van der Waals surface area (Å²) in [6.45, 7) is 3.12. The molecule has 0 radical (unpaired) electrons. The van der Waals surface area contributed by atoms with E-state index in [1.807, 2.05) is 56.3 Å². The number of aliphatic hydroxyl groups is 1. The van der Waals surface area contributed by atoms with E-state index in [2.05, 4.69) is 0 Å². The number of non-ortho nitro benzene ring substituents is 1. The van der Waals surface area contributed by atoms with Gasteiger partial charge < -0.3 is 19.6 Å². The number of aryl methyl sites for hydroxylation is 1. The van der Waals surface area contributed by atoms with Crippen LogP contribution in [0.3, 0.4) is 0 Å². The van der Waals surface area contributed by atoms with Crippen LogP contribution in [0.15, 0.2) is 78.4 Å². The molecule has 1 fully saturated rings. The molecule has 3 aromatic rings. The van der Waals surface area contributed by atoms with Crippen LogP contribution in [0, 0.1) is 17.0 Å². The van der Waals surface area contributed by atoms with Crippen LogP contribution in [0.5, 0.6) is 5.75 Å². The number of amides is 1. The van der Waals surface area contributed by atoms with E-state index < -0.39 is 22.7 Å². The van der Waals surface area contributed by atoms with Gasteiger partial charge in [-0.25, -0.2) is 0 Å². The van der Waals surface area contributed by atoms with Crippen LogP contribution in [-0.4, -0.2) is 58.7 Å². The fraction of sp³-hybridized carbons (Fsp3) is 0.267. The summed E-state index contributed by atoms with van der Waals surface area (Å²) in [5.74, 6) is -1.28. The van der Waals surface area contributed by atoms with E-state index in [9.17, 15) is 24.8 Å². The van der Waals surface area contributed by atoms with Crippen LogP contribution in [-0.2, 0) is 16.2 Å². The van der Waals surface area contributed by atoms with Gasteiger partial charge in [0.2, 0.25) is 0 Å². The van der Waals surface area contributed by atoms with Gasteiger partial charge in [0.25, 0.3) is 17.4 Å². The summed E-state index contributed by atoms with van der Waals surface area (Å²) in [7, 11) is 3.81. The van der Waals surface area contributed by atoms with Gasteiger partial charge in [0.05, 0.1) is 16.5 Å². The number of likely N-dealkylation sites (tertiary alicyclic amines) is 1. The predicted molar refractivity (Wildman–Crippen MR) is 147 cm³/mol. The monoisotopic (exact) mass is 529 g/mol. The first-order valence-corrected chi connectivity index (χ1v) is 12.6. The quantitative estimate of drug-likeness (QED) is 0.131. The number of ketones is 1. The molecule has 9 heteroatoms. The van der Waals surface area contributed by atoms with Crippen LogP contribution in [0.4, 0.5) is 5.69 Å². The van der Waals surface area contributed by atoms with E-state index in [1.165, 1.54) is 23.1 Å². The second kappa shape index (κ2) is 11.9. The topological polar surface area (TPSA) is 113 Å². The molecule has 1 heterocycles. The Morgan fingerprint density at radius 2 is 1.79 bits per heavy atom. The molecule has 1 aliphatic heterocycles. The number of nitro benzene ring substituents is 1. The molecule has 3 aromatic carbocycles. The summed E-state index contributed by atoms with van der Waals surface area (Å²) in [5.41, 5.74) is 2.22. The summed E-state index contributed by atoms with van der Waals surface area (Å²) in [6.07, 6.45) is 0.581. The van der Waals surface area contributed by atoms with E-state index in [1.54, 1.807) is 24.3 Å². The normalized spacial score (nSPS) is 16.6. The van der Waals surface area contributed by atoms with Crippen molar-refractivity contribution in [2.75, 3.05) is 27.2 Å². The molecule has 0 bridgehead atoms. The zero-order valence-corrected chi connectivity index (χ0v) is 22.2. The van der Waals surface area contributed by atoms with Gasteiger partial charge in [0, 0.05) is 24.2 Å². The van der Waals surface area contributed by atoms with Crippen LogP contribution in [0.1, 0.15) is 34.7 Å². The number of benzene rings is 3. The van der Waals surface area contributed by atoms with Gasteiger partial charge in [0.1, 0.15) is 18.1 Å². The Bertz CT molecular complexity index is 1420. The van der Waals surface area contributed by atoms with Gasteiger partial charge in [-0.15, -0.1) is 0 Å². The van der Waals surface area contributed by atoms with E-state index in [4.69, 9.17) is 4.74 Å². The molecular weight excluding hydrogens is 498 g/mol. The van der Waals surface area contributed by atoms with Crippen LogP contribution in [0.2, 0.25) is 0 Å². The molecule has 1 N–H and O–H groups in total. The second-order valence-electron chi connectivity index (χ2n) is 9.76. The third-order valence-electron chi connectivity index (χ3n) is 6.63. The number of Topliss-reactive ketones (excluding diaryl/α,β-unsaturated/α-hetero) is 1. The molecule has 202 valence electrons. The summed E-state index contributed by atoms with van der Waals surface area (Å²) < 4.78 is 5.93. The van der Waals surface area contributed by atoms with Gasteiger partial charge in [-0.3, -0.25) is 19.7 Å². The number of carbonyl (C=O) groups excluding carboxylic acids is 2. The smallest absolute Gasteiger partial charge is 0.295 e. The Balaban J connectivity index is 1.71. The highest BCUT2D eigenvalue weighted by Gasteiger charge is 2.46. The summed E-state index contributed by atoms with van der Waals surface area (Å²) >= 11 is 0. The average Bonchev–Trinajstić information content (AvgIpc) is 3.17. The third kappa shape index (κ3) is 6.15. The van der Waals surface area contributed by atoms with E-state index in [-0.39, 0.29) is 23.6 Å². The van der Waals surface area contributed by atoms with Gasteiger partial charge in [0.15, 0.2) is 0 Å². The molecule has 1 amide bonds. The van der Waals surface area contributed by atoms with E-state index >= 15 is 0 Å². The first kappa shape index (κ1) is 27.5. The van der Waals surface area contributed by atoms with Crippen molar-refractivity contribution in [1.82, 2.24) is 9.80 Å². The molecule has 0 unspecified atom stereocenters. The minimum atomic E-state index is -0.957. The van der Waals surface area contributed by atoms with Crippen LogP contribution < -0.4 is 4.74 Å².